The summed E-state index contributed by atoms with van der Waals surface area (Å²) in [5, 5.41) is 3.30. The molecule has 0 aliphatic carbocycles. The molecule has 0 atom stereocenters. The van der Waals surface area contributed by atoms with E-state index in [9.17, 15) is 4.79 Å². The third-order valence-corrected chi connectivity index (χ3v) is 2.60. The highest BCUT2D eigenvalue weighted by atomic mass is 16.1. The highest BCUT2D eigenvalue weighted by Gasteiger charge is 2.02. The van der Waals surface area contributed by atoms with E-state index in [-0.39, 0.29) is 5.78 Å². The predicted molar refractivity (Wildman–Crippen MR) is 74.9 cm³/mol. The lowest BCUT2D eigenvalue weighted by Crippen LogP contribution is -2.14. The first kappa shape index (κ1) is 16.2. The first-order valence-electron chi connectivity index (χ1n) is 6.86. The van der Waals surface area contributed by atoms with Crippen LogP contribution in [0.3, 0.4) is 0 Å². The van der Waals surface area contributed by atoms with Crippen molar-refractivity contribution in [1.29, 1.82) is 0 Å². The second kappa shape index (κ2) is 9.26. The molecule has 0 rings (SSSR count). The summed E-state index contributed by atoms with van der Waals surface area (Å²) < 4.78 is 0. The van der Waals surface area contributed by atoms with E-state index in [4.69, 9.17) is 0 Å². The van der Waals surface area contributed by atoms with E-state index in [1.54, 1.807) is 6.08 Å². The summed E-state index contributed by atoms with van der Waals surface area (Å²) in [5.74, 6) is 1.46. The van der Waals surface area contributed by atoms with Crippen LogP contribution in [0.1, 0.15) is 60.3 Å². The van der Waals surface area contributed by atoms with E-state index in [2.05, 4.69) is 33.0 Å². The number of rotatable bonds is 9. The number of nitrogens with one attached hydrogen (secondary N) is 1. The summed E-state index contributed by atoms with van der Waals surface area (Å²) in [6.07, 6.45) is 6.12. The molecule has 0 radical (unpaired) electrons. The van der Waals surface area contributed by atoms with Gasteiger partial charge >= 0.3 is 0 Å². The molecule has 0 aromatic carbocycles. The molecule has 2 heteroatoms. The molecule has 0 saturated heterocycles. The number of allylic oxidation sites excluding steroid dienone is 2. The highest BCUT2D eigenvalue weighted by molar-refractivity contribution is 5.90. The van der Waals surface area contributed by atoms with Crippen LogP contribution in [0, 0.1) is 11.8 Å². The lowest BCUT2D eigenvalue weighted by atomic mass is 10.1. The van der Waals surface area contributed by atoms with E-state index in [1.807, 2.05) is 6.92 Å². The Balaban J connectivity index is 3.67. The van der Waals surface area contributed by atoms with Gasteiger partial charge in [0.05, 0.1) is 0 Å². The van der Waals surface area contributed by atoms with Gasteiger partial charge in [0, 0.05) is 18.7 Å². The SMILES string of the molecule is C/C(=C/C(=O)CC(C)C)NCCCCC(C)C. The molecule has 2 nitrogen and oxygen atoms in total. The summed E-state index contributed by atoms with van der Waals surface area (Å²) in [4.78, 5) is 11.5. The molecular formula is C15H29NO. The molecule has 17 heavy (non-hydrogen) atoms. The molecule has 0 unspecified atom stereocenters. The molecule has 100 valence electrons. The maximum Gasteiger partial charge on any atom is 0.157 e. The zero-order valence-electron chi connectivity index (χ0n) is 12.2. The Bertz CT molecular complexity index is 241. The van der Waals surface area contributed by atoms with Crippen molar-refractivity contribution in [3.8, 4) is 0 Å². The number of hydrogen-bond donors (Lipinski definition) is 1. The average molecular weight is 239 g/mol. The van der Waals surface area contributed by atoms with Crippen molar-refractivity contribution in [3.05, 3.63) is 11.8 Å². The molecule has 0 fully saturated rings. The van der Waals surface area contributed by atoms with Crippen molar-refractivity contribution >= 4 is 5.78 Å². The fraction of sp³-hybridized carbons (Fsp3) is 0.800. The zero-order valence-corrected chi connectivity index (χ0v) is 12.2. The van der Waals surface area contributed by atoms with Crippen molar-refractivity contribution in [2.45, 2.75) is 60.3 Å². The third kappa shape index (κ3) is 11.5. The van der Waals surface area contributed by atoms with Crippen LogP contribution in [-0.4, -0.2) is 12.3 Å². The molecule has 0 saturated carbocycles. The Kier molecular flexibility index (Phi) is 8.83. The van der Waals surface area contributed by atoms with E-state index in [1.165, 1.54) is 19.3 Å². The smallest absolute Gasteiger partial charge is 0.157 e. The normalized spacial score (nSPS) is 12.3. The fourth-order valence-corrected chi connectivity index (χ4v) is 1.72. The lowest BCUT2D eigenvalue weighted by molar-refractivity contribution is -0.115. The zero-order chi connectivity index (χ0) is 13.3. The molecule has 0 aliphatic heterocycles. The van der Waals surface area contributed by atoms with E-state index < -0.39 is 0 Å². The van der Waals surface area contributed by atoms with Crippen molar-refractivity contribution in [2.24, 2.45) is 11.8 Å². The van der Waals surface area contributed by atoms with E-state index in [0.717, 1.165) is 18.2 Å². The summed E-state index contributed by atoms with van der Waals surface area (Å²) in [6, 6.07) is 0. The molecule has 0 heterocycles. The van der Waals surface area contributed by atoms with Crippen LogP contribution in [0.15, 0.2) is 11.8 Å². The molecule has 1 N–H and O–H groups in total. The second-order valence-corrected chi connectivity index (χ2v) is 5.71. The van der Waals surface area contributed by atoms with Crippen LogP contribution in [0.4, 0.5) is 0 Å². The number of carbonyl (C=O) groups excluding carboxylic acids is 1. The van der Waals surface area contributed by atoms with Crippen LogP contribution in [0.2, 0.25) is 0 Å². The molecule has 0 aromatic rings. The summed E-state index contributed by atoms with van der Waals surface area (Å²) >= 11 is 0. The highest BCUT2D eigenvalue weighted by Crippen LogP contribution is 2.06. The average Bonchev–Trinajstić information content (AvgIpc) is 2.14. The molecule has 0 bridgehead atoms. The minimum atomic E-state index is 0.229. The molecule has 0 amide bonds. The van der Waals surface area contributed by atoms with Gasteiger partial charge in [-0.1, -0.05) is 40.5 Å². The van der Waals surface area contributed by atoms with Gasteiger partial charge in [-0.2, -0.15) is 0 Å². The monoisotopic (exact) mass is 239 g/mol. The molecule has 0 aliphatic rings. The van der Waals surface area contributed by atoms with Crippen LogP contribution in [0.5, 0.6) is 0 Å². The van der Waals surface area contributed by atoms with Gasteiger partial charge in [-0.25, -0.2) is 0 Å². The third-order valence-electron chi connectivity index (χ3n) is 2.60. The van der Waals surface area contributed by atoms with Crippen LogP contribution in [-0.2, 0) is 4.79 Å². The number of ketones is 1. The minimum absolute atomic E-state index is 0.229. The Morgan fingerprint density at radius 1 is 1.12 bits per heavy atom. The van der Waals surface area contributed by atoms with Gasteiger partial charge in [-0.05, 0) is 31.3 Å². The Morgan fingerprint density at radius 3 is 2.29 bits per heavy atom. The largest absolute Gasteiger partial charge is 0.388 e. The Hall–Kier alpha value is -0.790. The Morgan fingerprint density at radius 2 is 1.76 bits per heavy atom. The fourth-order valence-electron chi connectivity index (χ4n) is 1.72. The number of unbranched alkanes of at least 4 members (excludes halogenated alkanes) is 1. The molecular weight excluding hydrogens is 210 g/mol. The molecule has 0 spiro atoms. The van der Waals surface area contributed by atoms with Gasteiger partial charge in [0.15, 0.2) is 5.78 Å². The predicted octanol–water partition coefficient (Wildman–Crippen LogP) is 3.92. The van der Waals surface area contributed by atoms with Crippen LogP contribution >= 0.6 is 0 Å². The van der Waals surface area contributed by atoms with E-state index in [0.29, 0.717) is 12.3 Å². The van der Waals surface area contributed by atoms with Crippen LogP contribution in [0.25, 0.3) is 0 Å². The maximum atomic E-state index is 11.5. The van der Waals surface area contributed by atoms with Crippen molar-refractivity contribution in [1.82, 2.24) is 5.32 Å². The van der Waals surface area contributed by atoms with Gasteiger partial charge < -0.3 is 5.32 Å². The summed E-state index contributed by atoms with van der Waals surface area (Å²) in [6.45, 7) is 11.6. The van der Waals surface area contributed by atoms with Gasteiger partial charge in [-0.15, -0.1) is 0 Å². The van der Waals surface area contributed by atoms with Gasteiger partial charge in [0.25, 0.3) is 0 Å². The van der Waals surface area contributed by atoms with Crippen molar-refractivity contribution in [2.75, 3.05) is 6.54 Å². The van der Waals surface area contributed by atoms with Gasteiger partial charge in [-0.3, -0.25) is 4.79 Å². The first-order valence-corrected chi connectivity index (χ1v) is 6.86. The van der Waals surface area contributed by atoms with E-state index >= 15 is 0 Å². The minimum Gasteiger partial charge on any atom is -0.388 e. The Labute approximate surface area is 107 Å². The van der Waals surface area contributed by atoms with Gasteiger partial charge in [0.2, 0.25) is 0 Å². The number of hydrogen-bond acceptors (Lipinski definition) is 2. The maximum absolute atomic E-state index is 11.5. The lowest BCUT2D eigenvalue weighted by Gasteiger charge is -2.08. The first-order chi connectivity index (χ1) is 7.91. The van der Waals surface area contributed by atoms with Crippen LogP contribution < -0.4 is 5.32 Å². The topological polar surface area (TPSA) is 29.1 Å². The van der Waals surface area contributed by atoms with Crippen molar-refractivity contribution in [3.63, 3.8) is 0 Å². The standard InChI is InChI=1S/C15H29NO/c1-12(2)8-6-7-9-16-14(5)11-15(17)10-13(3)4/h11-13,16H,6-10H2,1-5H3/b14-11-. The molecule has 0 aromatic heterocycles. The van der Waals surface area contributed by atoms with Gasteiger partial charge in [0.1, 0.15) is 0 Å². The summed E-state index contributed by atoms with van der Waals surface area (Å²) in [5.41, 5.74) is 1.00. The van der Waals surface area contributed by atoms with Crippen molar-refractivity contribution < 1.29 is 4.79 Å². The quantitative estimate of drug-likeness (QED) is 0.488. The number of carbonyl (C=O) groups is 1. The second-order valence-electron chi connectivity index (χ2n) is 5.71. The summed E-state index contributed by atoms with van der Waals surface area (Å²) in [7, 11) is 0.